The first kappa shape index (κ1) is 14.8. The number of hydrogen-bond donors (Lipinski definition) is 2. The third-order valence-corrected chi connectivity index (χ3v) is 2.31. The third kappa shape index (κ3) is 9.38. The lowest BCUT2D eigenvalue weighted by Crippen LogP contribution is -1.73. The number of benzene rings is 1. The first-order valence-electron chi connectivity index (χ1n) is 6.18. The van der Waals surface area contributed by atoms with Crippen LogP contribution in [0.15, 0.2) is 24.3 Å². The Balaban J connectivity index is 0.000000281. The maximum absolute atomic E-state index is 8.65. The monoisotopic (exact) mass is 224 g/mol. The molecule has 1 aromatic rings. The lowest BCUT2D eigenvalue weighted by molar-refractivity contribution is 0.460. The van der Waals surface area contributed by atoms with E-state index >= 15 is 0 Å². The van der Waals surface area contributed by atoms with E-state index in [1.165, 1.54) is 62.8 Å². The van der Waals surface area contributed by atoms with E-state index in [-0.39, 0.29) is 11.5 Å². The van der Waals surface area contributed by atoms with Gasteiger partial charge in [-0.1, -0.05) is 52.4 Å². The molecule has 2 heteroatoms. The van der Waals surface area contributed by atoms with Gasteiger partial charge in [-0.15, -0.1) is 0 Å². The minimum atomic E-state index is 0.169. The fraction of sp³-hybridized carbons (Fsp3) is 0.571. The summed E-state index contributed by atoms with van der Waals surface area (Å²) in [5.74, 6) is 0.339. The van der Waals surface area contributed by atoms with Gasteiger partial charge in [0.1, 0.15) is 11.5 Å². The van der Waals surface area contributed by atoms with Crippen molar-refractivity contribution in [2.45, 2.75) is 52.4 Å². The van der Waals surface area contributed by atoms with Crippen molar-refractivity contribution in [3.63, 3.8) is 0 Å². The normalized spacial score (nSPS) is 9.38. The van der Waals surface area contributed by atoms with Gasteiger partial charge in [0.2, 0.25) is 0 Å². The summed E-state index contributed by atoms with van der Waals surface area (Å²) >= 11 is 0. The van der Waals surface area contributed by atoms with Crippen molar-refractivity contribution in [3.05, 3.63) is 24.3 Å². The number of phenolic OH excluding ortho intramolecular Hbond substituents is 2. The Morgan fingerprint density at radius 3 is 1.25 bits per heavy atom. The molecule has 0 atom stereocenters. The van der Waals surface area contributed by atoms with Crippen LogP contribution in [-0.4, -0.2) is 10.2 Å². The van der Waals surface area contributed by atoms with E-state index in [2.05, 4.69) is 13.8 Å². The van der Waals surface area contributed by atoms with Crippen LogP contribution >= 0.6 is 0 Å². The highest BCUT2D eigenvalue weighted by molar-refractivity contribution is 5.28. The molecule has 0 saturated carbocycles. The van der Waals surface area contributed by atoms with E-state index in [1.54, 1.807) is 0 Å². The van der Waals surface area contributed by atoms with Crippen molar-refractivity contribution in [2.75, 3.05) is 0 Å². The molecule has 16 heavy (non-hydrogen) atoms. The molecule has 0 amide bonds. The van der Waals surface area contributed by atoms with Crippen LogP contribution in [0.2, 0.25) is 0 Å². The predicted molar refractivity (Wildman–Crippen MR) is 68.8 cm³/mol. The molecular formula is C14H24O2. The summed E-state index contributed by atoms with van der Waals surface area (Å²) in [6.45, 7) is 4.51. The van der Waals surface area contributed by atoms with Crippen molar-refractivity contribution < 1.29 is 10.2 Å². The molecular weight excluding hydrogens is 200 g/mol. The summed E-state index contributed by atoms with van der Waals surface area (Å²) < 4.78 is 0. The zero-order valence-corrected chi connectivity index (χ0v) is 10.4. The van der Waals surface area contributed by atoms with Crippen LogP contribution in [-0.2, 0) is 0 Å². The number of rotatable bonds is 5. The third-order valence-electron chi connectivity index (χ3n) is 2.31. The van der Waals surface area contributed by atoms with Crippen LogP contribution in [0.25, 0.3) is 0 Å². The second kappa shape index (κ2) is 10.3. The van der Waals surface area contributed by atoms with E-state index in [4.69, 9.17) is 10.2 Å². The standard InChI is InChI=1S/C8H18.C6H6O2/c1-3-5-7-8-6-4-2;7-5-1-2-6(8)4-3-5/h3-8H2,1-2H3;1-4,7-8H. The van der Waals surface area contributed by atoms with Crippen molar-refractivity contribution >= 4 is 0 Å². The van der Waals surface area contributed by atoms with Crippen LogP contribution in [0.3, 0.4) is 0 Å². The Morgan fingerprint density at radius 2 is 1.00 bits per heavy atom. The van der Waals surface area contributed by atoms with E-state index < -0.39 is 0 Å². The highest BCUT2D eigenvalue weighted by Gasteiger charge is 1.84. The van der Waals surface area contributed by atoms with E-state index in [0.29, 0.717) is 0 Å². The maximum Gasteiger partial charge on any atom is 0.115 e. The number of aromatic hydroxyl groups is 2. The summed E-state index contributed by atoms with van der Waals surface area (Å²) in [7, 11) is 0. The fourth-order valence-corrected chi connectivity index (χ4v) is 1.31. The van der Waals surface area contributed by atoms with Crippen LogP contribution in [0.1, 0.15) is 52.4 Å². The van der Waals surface area contributed by atoms with E-state index in [9.17, 15) is 0 Å². The number of unbranched alkanes of at least 4 members (excludes halogenated alkanes) is 5. The van der Waals surface area contributed by atoms with Gasteiger partial charge in [-0.25, -0.2) is 0 Å². The maximum atomic E-state index is 8.65. The zero-order chi connectivity index (χ0) is 12.2. The molecule has 2 nitrogen and oxygen atoms in total. The minimum Gasteiger partial charge on any atom is -0.508 e. The molecule has 0 fully saturated rings. The Kier molecular flexibility index (Phi) is 9.58. The second-order valence-corrected chi connectivity index (χ2v) is 3.93. The van der Waals surface area contributed by atoms with Crippen LogP contribution < -0.4 is 0 Å². The molecule has 92 valence electrons. The Labute approximate surface area is 98.9 Å². The zero-order valence-electron chi connectivity index (χ0n) is 10.4. The molecule has 2 N–H and O–H groups in total. The molecule has 0 bridgehead atoms. The molecule has 1 aromatic carbocycles. The van der Waals surface area contributed by atoms with Gasteiger partial charge in [-0.2, -0.15) is 0 Å². The molecule has 0 aliphatic rings. The minimum absolute atomic E-state index is 0.169. The van der Waals surface area contributed by atoms with Crippen LogP contribution in [0, 0.1) is 0 Å². The van der Waals surface area contributed by atoms with Gasteiger partial charge in [0.05, 0.1) is 0 Å². The summed E-state index contributed by atoms with van der Waals surface area (Å²) in [6, 6.07) is 5.70. The second-order valence-electron chi connectivity index (χ2n) is 3.93. The molecule has 0 aromatic heterocycles. The van der Waals surface area contributed by atoms with Crippen molar-refractivity contribution in [3.8, 4) is 11.5 Å². The molecule has 0 saturated heterocycles. The fourth-order valence-electron chi connectivity index (χ4n) is 1.31. The van der Waals surface area contributed by atoms with Crippen molar-refractivity contribution in [1.29, 1.82) is 0 Å². The molecule has 1 rings (SSSR count). The SMILES string of the molecule is CCCCCCCC.Oc1ccc(O)cc1. The van der Waals surface area contributed by atoms with Crippen molar-refractivity contribution in [2.24, 2.45) is 0 Å². The average Bonchev–Trinajstić information content (AvgIpc) is 2.30. The predicted octanol–water partition coefficient (Wildman–Crippen LogP) is 4.46. The van der Waals surface area contributed by atoms with Crippen LogP contribution in [0.4, 0.5) is 0 Å². The van der Waals surface area contributed by atoms with Gasteiger partial charge in [0, 0.05) is 0 Å². The lowest BCUT2D eigenvalue weighted by Gasteiger charge is -1.93. The van der Waals surface area contributed by atoms with E-state index in [1.807, 2.05) is 0 Å². The van der Waals surface area contributed by atoms with Gasteiger partial charge < -0.3 is 10.2 Å². The van der Waals surface area contributed by atoms with Crippen molar-refractivity contribution in [1.82, 2.24) is 0 Å². The molecule has 0 heterocycles. The summed E-state index contributed by atoms with van der Waals surface area (Å²) in [4.78, 5) is 0. The Bertz CT molecular complexity index is 214. The largest absolute Gasteiger partial charge is 0.508 e. The Hall–Kier alpha value is -1.18. The highest BCUT2D eigenvalue weighted by Crippen LogP contribution is 2.13. The highest BCUT2D eigenvalue weighted by atomic mass is 16.3. The summed E-state index contributed by atoms with van der Waals surface area (Å²) in [5, 5.41) is 17.3. The quantitative estimate of drug-likeness (QED) is 0.572. The molecule has 0 unspecified atom stereocenters. The van der Waals surface area contributed by atoms with Gasteiger partial charge in [0.15, 0.2) is 0 Å². The number of phenols is 2. The summed E-state index contributed by atoms with van der Waals surface area (Å²) in [5.41, 5.74) is 0. The first-order valence-corrected chi connectivity index (χ1v) is 6.18. The first-order chi connectivity index (χ1) is 7.70. The van der Waals surface area contributed by atoms with Gasteiger partial charge in [0.25, 0.3) is 0 Å². The number of hydrogen-bond acceptors (Lipinski definition) is 2. The van der Waals surface area contributed by atoms with E-state index in [0.717, 1.165) is 0 Å². The molecule has 0 spiro atoms. The lowest BCUT2D eigenvalue weighted by atomic mass is 10.1. The molecule has 0 radical (unpaired) electrons. The molecule has 0 aliphatic carbocycles. The topological polar surface area (TPSA) is 40.5 Å². The summed E-state index contributed by atoms with van der Waals surface area (Å²) in [6.07, 6.45) is 8.49. The smallest absolute Gasteiger partial charge is 0.115 e. The van der Waals surface area contributed by atoms with Gasteiger partial charge in [-0.05, 0) is 24.3 Å². The van der Waals surface area contributed by atoms with Crippen LogP contribution in [0.5, 0.6) is 11.5 Å². The van der Waals surface area contributed by atoms with Gasteiger partial charge >= 0.3 is 0 Å². The molecule has 0 aliphatic heterocycles. The Morgan fingerprint density at radius 1 is 0.688 bits per heavy atom. The average molecular weight is 224 g/mol. The van der Waals surface area contributed by atoms with Gasteiger partial charge in [-0.3, -0.25) is 0 Å².